The molecule has 0 saturated heterocycles. The van der Waals surface area contributed by atoms with E-state index < -0.39 is 6.10 Å². The number of hydrogen-bond donors (Lipinski definition) is 1. The average Bonchev–Trinajstić information content (AvgIpc) is 2.42. The van der Waals surface area contributed by atoms with E-state index in [-0.39, 0.29) is 5.54 Å². The highest BCUT2D eigenvalue weighted by Crippen LogP contribution is 2.27. The van der Waals surface area contributed by atoms with Crippen LogP contribution in [0.15, 0.2) is 24.3 Å². The molecule has 0 bridgehead atoms. The van der Waals surface area contributed by atoms with Crippen molar-refractivity contribution in [2.45, 2.75) is 52.2 Å². The van der Waals surface area contributed by atoms with Crippen LogP contribution in [0.3, 0.4) is 0 Å². The molecule has 0 aliphatic carbocycles. The molecular formula is C16H26ClNO. The fourth-order valence-corrected chi connectivity index (χ4v) is 2.92. The van der Waals surface area contributed by atoms with Crippen molar-refractivity contribution in [3.05, 3.63) is 34.9 Å². The largest absolute Gasteiger partial charge is 0.391 e. The van der Waals surface area contributed by atoms with E-state index in [0.717, 1.165) is 30.1 Å². The summed E-state index contributed by atoms with van der Waals surface area (Å²) in [7, 11) is 0. The van der Waals surface area contributed by atoms with Crippen LogP contribution in [0.4, 0.5) is 0 Å². The maximum atomic E-state index is 10.7. The molecule has 0 heterocycles. The first-order chi connectivity index (χ1) is 8.99. The molecule has 0 aliphatic heterocycles. The summed E-state index contributed by atoms with van der Waals surface area (Å²) < 4.78 is 0. The number of rotatable bonds is 7. The lowest BCUT2D eigenvalue weighted by Crippen LogP contribution is -2.54. The Bertz CT molecular complexity index is 392. The Labute approximate surface area is 122 Å². The van der Waals surface area contributed by atoms with Crippen LogP contribution >= 0.6 is 11.6 Å². The van der Waals surface area contributed by atoms with Gasteiger partial charge in [0.15, 0.2) is 0 Å². The molecule has 0 aromatic heterocycles. The fourth-order valence-electron chi connectivity index (χ4n) is 2.71. The zero-order valence-electron chi connectivity index (χ0n) is 12.5. The first-order valence-corrected chi connectivity index (χ1v) is 7.53. The van der Waals surface area contributed by atoms with Gasteiger partial charge in [-0.05, 0) is 38.1 Å². The molecule has 1 rings (SSSR count). The minimum Gasteiger partial charge on any atom is -0.391 e. The van der Waals surface area contributed by atoms with E-state index in [0.29, 0.717) is 6.42 Å². The Hall–Kier alpha value is -0.570. The van der Waals surface area contributed by atoms with Crippen LogP contribution in [0.1, 0.15) is 39.7 Å². The molecule has 1 aromatic rings. The van der Waals surface area contributed by atoms with Crippen LogP contribution in [-0.2, 0) is 6.42 Å². The van der Waals surface area contributed by atoms with Crippen molar-refractivity contribution in [1.29, 1.82) is 0 Å². The lowest BCUT2D eigenvalue weighted by atomic mass is 9.85. The molecule has 0 aliphatic rings. The number of nitrogens with zero attached hydrogens (tertiary/aromatic N) is 1. The number of hydrogen-bond acceptors (Lipinski definition) is 2. The highest BCUT2D eigenvalue weighted by Gasteiger charge is 2.35. The maximum absolute atomic E-state index is 10.7. The van der Waals surface area contributed by atoms with Crippen molar-refractivity contribution in [3.8, 4) is 0 Å². The first-order valence-electron chi connectivity index (χ1n) is 7.16. The molecule has 2 unspecified atom stereocenters. The van der Waals surface area contributed by atoms with E-state index in [1.807, 2.05) is 24.3 Å². The summed E-state index contributed by atoms with van der Waals surface area (Å²) >= 11 is 6.18. The standard InChI is InChI=1S/C16H26ClNO/c1-5-16(4,18(6-2)7-3)15(19)12-13-10-8-9-11-14(13)17/h8-11,15,19H,5-7,12H2,1-4H3. The van der Waals surface area contributed by atoms with Gasteiger partial charge in [0, 0.05) is 17.0 Å². The minimum atomic E-state index is -0.419. The van der Waals surface area contributed by atoms with Gasteiger partial charge in [0.25, 0.3) is 0 Å². The predicted molar refractivity (Wildman–Crippen MR) is 82.8 cm³/mol. The molecule has 0 saturated carbocycles. The van der Waals surface area contributed by atoms with Gasteiger partial charge in [0.1, 0.15) is 0 Å². The average molecular weight is 284 g/mol. The van der Waals surface area contributed by atoms with Crippen molar-refractivity contribution < 1.29 is 5.11 Å². The molecule has 0 amide bonds. The molecule has 19 heavy (non-hydrogen) atoms. The van der Waals surface area contributed by atoms with Crippen molar-refractivity contribution in [1.82, 2.24) is 4.90 Å². The van der Waals surface area contributed by atoms with E-state index in [4.69, 9.17) is 11.6 Å². The Morgan fingerprint density at radius 1 is 1.21 bits per heavy atom. The molecule has 3 heteroatoms. The summed E-state index contributed by atoms with van der Waals surface area (Å²) in [5, 5.41) is 11.4. The Morgan fingerprint density at radius 3 is 2.26 bits per heavy atom. The van der Waals surface area contributed by atoms with E-state index in [9.17, 15) is 5.11 Å². The van der Waals surface area contributed by atoms with Gasteiger partial charge in [-0.1, -0.05) is 50.6 Å². The molecule has 0 fully saturated rings. The third-order valence-corrected chi connectivity index (χ3v) is 4.66. The minimum absolute atomic E-state index is 0.206. The molecule has 2 atom stereocenters. The predicted octanol–water partition coefficient (Wildman–Crippen LogP) is 3.75. The lowest BCUT2D eigenvalue weighted by molar-refractivity contribution is -0.0190. The van der Waals surface area contributed by atoms with Gasteiger partial charge in [0.2, 0.25) is 0 Å². The first kappa shape index (κ1) is 16.5. The van der Waals surface area contributed by atoms with Gasteiger partial charge in [-0.25, -0.2) is 0 Å². The third kappa shape index (κ3) is 3.71. The van der Waals surface area contributed by atoms with Crippen molar-refractivity contribution in [2.24, 2.45) is 0 Å². The van der Waals surface area contributed by atoms with Gasteiger partial charge in [-0.2, -0.15) is 0 Å². The lowest BCUT2D eigenvalue weighted by Gasteiger charge is -2.43. The Balaban J connectivity index is 2.90. The fraction of sp³-hybridized carbons (Fsp3) is 0.625. The van der Waals surface area contributed by atoms with Crippen LogP contribution < -0.4 is 0 Å². The maximum Gasteiger partial charge on any atom is 0.0761 e. The molecule has 0 radical (unpaired) electrons. The quantitative estimate of drug-likeness (QED) is 0.824. The second-order valence-electron chi connectivity index (χ2n) is 5.19. The summed E-state index contributed by atoms with van der Waals surface area (Å²) in [6.07, 6.45) is 1.10. The summed E-state index contributed by atoms with van der Waals surface area (Å²) in [6.45, 7) is 10.4. The normalized spacial score (nSPS) is 16.4. The van der Waals surface area contributed by atoms with Crippen molar-refractivity contribution in [3.63, 3.8) is 0 Å². The highest BCUT2D eigenvalue weighted by molar-refractivity contribution is 6.31. The van der Waals surface area contributed by atoms with Gasteiger partial charge in [-0.15, -0.1) is 0 Å². The third-order valence-electron chi connectivity index (χ3n) is 4.29. The molecule has 1 aromatic carbocycles. The van der Waals surface area contributed by atoms with E-state index >= 15 is 0 Å². The topological polar surface area (TPSA) is 23.5 Å². The number of likely N-dealkylation sites (N-methyl/N-ethyl adjacent to an activating group) is 1. The second-order valence-corrected chi connectivity index (χ2v) is 5.60. The zero-order valence-corrected chi connectivity index (χ0v) is 13.2. The summed E-state index contributed by atoms with van der Waals surface area (Å²) in [4.78, 5) is 2.33. The van der Waals surface area contributed by atoms with E-state index in [1.165, 1.54) is 0 Å². The molecule has 2 nitrogen and oxygen atoms in total. The molecule has 1 N–H and O–H groups in total. The van der Waals surface area contributed by atoms with Crippen LogP contribution in [0, 0.1) is 0 Å². The number of halogens is 1. The summed E-state index contributed by atoms with van der Waals surface area (Å²) in [6, 6.07) is 7.75. The van der Waals surface area contributed by atoms with E-state index in [1.54, 1.807) is 0 Å². The monoisotopic (exact) mass is 283 g/mol. The number of aliphatic hydroxyl groups excluding tert-OH is 1. The van der Waals surface area contributed by atoms with Gasteiger partial charge in [-0.3, -0.25) is 4.90 Å². The van der Waals surface area contributed by atoms with Gasteiger partial charge < -0.3 is 5.11 Å². The van der Waals surface area contributed by atoms with Crippen LogP contribution in [0.2, 0.25) is 5.02 Å². The Kier molecular flexibility index (Phi) is 6.31. The zero-order chi connectivity index (χ0) is 14.5. The van der Waals surface area contributed by atoms with Gasteiger partial charge in [0.05, 0.1) is 6.10 Å². The van der Waals surface area contributed by atoms with Crippen LogP contribution in [0.25, 0.3) is 0 Å². The Morgan fingerprint density at radius 2 is 1.79 bits per heavy atom. The highest BCUT2D eigenvalue weighted by atomic mass is 35.5. The smallest absolute Gasteiger partial charge is 0.0761 e. The van der Waals surface area contributed by atoms with Crippen molar-refractivity contribution in [2.75, 3.05) is 13.1 Å². The summed E-state index contributed by atoms with van der Waals surface area (Å²) in [5.41, 5.74) is 0.811. The van der Waals surface area contributed by atoms with Crippen LogP contribution in [0.5, 0.6) is 0 Å². The van der Waals surface area contributed by atoms with Crippen molar-refractivity contribution >= 4 is 11.6 Å². The molecule has 0 spiro atoms. The number of aliphatic hydroxyl groups is 1. The number of benzene rings is 1. The van der Waals surface area contributed by atoms with Gasteiger partial charge >= 0.3 is 0 Å². The van der Waals surface area contributed by atoms with E-state index in [2.05, 4.69) is 32.6 Å². The van der Waals surface area contributed by atoms with Crippen LogP contribution in [-0.4, -0.2) is 34.7 Å². The molecule has 108 valence electrons. The molecular weight excluding hydrogens is 258 g/mol. The summed E-state index contributed by atoms with van der Waals surface area (Å²) in [5.74, 6) is 0. The SMILES string of the molecule is CCN(CC)C(C)(CC)C(O)Cc1ccccc1Cl. The second kappa shape index (κ2) is 7.28.